The Labute approximate surface area is 161 Å². The Hall–Kier alpha value is -2.23. The van der Waals surface area contributed by atoms with Crippen LogP contribution in [0.4, 0.5) is 0 Å². The third-order valence-corrected chi connectivity index (χ3v) is 5.28. The summed E-state index contributed by atoms with van der Waals surface area (Å²) in [5.41, 5.74) is 1.96. The predicted molar refractivity (Wildman–Crippen MR) is 106 cm³/mol. The van der Waals surface area contributed by atoms with Gasteiger partial charge in [-0.3, -0.25) is 0 Å². The second-order valence-electron chi connectivity index (χ2n) is 5.81. The first-order valence-electron chi connectivity index (χ1n) is 8.00. The number of halogens is 1. The maximum atomic E-state index is 13.4. The van der Waals surface area contributed by atoms with E-state index in [2.05, 4.69) is 15.9 Å². The average molecular weight is 433 g/mol. The van der Waals surface area contributed by atoms with E-state index in [0.717, 1.165) is 15.6 Å². The van der Waals surface area contributed by atoms with E-state index in [1.807, 2.05) is 38.1 Å². The molecule has 0 saturated heterocycles. The summed E-state index contributed by atoms with van der Waals surface area (Å²) in [4.78, 5) is 0. The van der Waals surface area contributed by atoms with Crippen LogP contribution in [0.25, 0.3) is 0 Å². The standard InChI is InChI=1S/C20H18BrO4P/c1-15-5-3-7-19(13-15)24-26(22,23-18-11-9-17(21)10-12-18)25-20-8-4-6-16(2)14-20/h3-14H,1-2H3. The molecule has 0 aromatic heterocycles. The number of phosphoric ester groups is 1. The molecular weight excluding hydrogens is 415 g/mol. The van der Waals surface area contributed by atoms with Crippen LogP contribution in [0.15, 0.2) is 77.3 Å². The SMILES string of the molecule is Cc1cccc(OP(=O)(Oc2ccc(Br)cc2)Oc2cccc(C)c2)c1. The van der Waals surface area contributed by atoms with E-state index in [-0.39, 0.29) is 0 Å². The first kappa shape index (κ1) is 18.6. The molecule has 26 heavy (non-hydrogen) atoms. The minimum atomic E-state index is -3.96. The zero-order chi connectivity index (χ0) is 18.6. The molecule has 0 radical (unpaired) electrons. The van der Waals surface area contributed by atoms with E-state index in [1.54, 1.807) is 48.5 Å². The molecule has 0 aliphatic heterocycles. The van der Waals surface area contributed by atoms with E-state index >= 15 is 0 Å². The van der Waals surface area contributed by atoms with Crippen molar-refractivity contribution < 1.29 is 18.1 Å². The zero-order valence-corrected chi connectivity index (χ0v) is 16.9. The minimum Gasteiger partial charge on any atom is -0.386 e. The van der Waals surface area contributed by atoms with Gasteiger partial charge in [0.15, 0.2) is 0 Å². The van der Waals surface area contributed by atoms with E-state index in [0.29, 0.717) is 17.2 Å². The molecule has 4 nitrogen and oxygen atoms in total. The van der Waals surface area contributed by atoms with Crippen LogP contribution < -0.4 is 13.6 Å². The molecule has 3 aromatic rings. The van der Waals surface area contributed by atoms with Crippen LogP contribution in [0.3, 0.4) is 0 Å². The van der Waals surface area contributed by atoms with Crippen molar-refractivity contribution >= 4 is 23.8 Å². The fraction of sp³-hybridized carbons (Fsp3) is 0.100. The van der Waals surface area contributed by atoms with Crippen LogP contribution in [-0.4, -0.2) is 0 Å². The summed E-state index contributed by atoms with van der Waals surface area (Å²) in [6.07, 6.45) is 0. The Morgan fingerprint density at radius 3 is 1.62 bits per heavy atom. The van der Waals surface area contributed by atoms with Gasteiger partial charge in [0.1, 0.15) is 17.2 Å². The van der Waals surface area contributed by atoms with Gasteiger partial charge in [0, 0.05) is 4.47 Å². The molecule has 0 spiro atoms. The van der Waals surface area contributed by atoms with Gasteiger partial charge in [-0.25, -0.2) is 0 Å². The largest absolute Gasteiger partial charge is 0.647 e. The van der Waals surface area contributed by atoms with Gasteiger partial charge in [-0.15, -0.1) is 0 Å². The lowest BCUT2D eigenvalue weighted by Gasteiger charge is -2.19. The van der Waals surface area contributed by atoms with Crippen LogP contribution in [-0.2, 0) is 4.57 Å². The molecule has 3 aromatic carbocycles. The molecule has 0 amide bonds. The summed E-state index contributed by atoms with van der Waals surface area (Å²) in [6, 6.07) is 21.4. The Morgan fingerprint density at radius 1 is 0.692 bits per heavy atom. The van der Waals surface area contributed by atoms with Crippen molar-refractivity contribution in [3.63, 3.8) is 0 Å². The highest BCUT2D eigenvalue weighted by Crippen LogP contribution is 2.50. The van der Waals surface area contributed by atoms with Gasteiger partial charge in [0.25, 0.3) is 0 Å². The summed E-state index contributed by atoms with van der Waals surface area (Å²) >= 11 is 3.36. The lowest BCUT2D eigenvalue weighted by Crippen LogP contribution is -2.07. The summed E-state index contributed by atoms with van der Waals surface area (Å²) in [6.45, 7) is 3.85. The molecular formula is C20H18BrO4P. The lowest BCUT2D eigenvalue weighted by atomic mass is 10.2. The van der Waals surface area contributed by atoms with Gasteiger partial charge in [-0.1, -0.05) is 40.2 Å². The number of hydrogen-bond donors (Lipinski definition) is 0. The summed E-state index contributed by atoms with van der Waals surface area (Å²) in [5.74, 6) is 1.22. The fourth-order valence-electron chi connectivity index (χ4n) is 2.28. The maximum absolute atomic E-state index is 13.4. The molecule has 0 heterocycles. The first-order valence-corrected chi connectivity index (χ1v) is 10.2. The average Bonchev–Trinajstić information content (AvgIpc) is 2.57. The summed E-state index contributed by atoms with van der Waals surface area (Å²) < 4.78 is 31.2. The molecule has 0 saturated carbocycles. The third kappa shape index (κ3) is 5.13. The highest BCUT2D eigenvalue weighted by atomic mass is 79.9. The smallest absolute Gasteiger partial charge is 0.386 e. The van der Waals surface area contributed by atoms with Crippen molar-refractivity contribution in [1.82, 2.24) is 0 Å². The summed E-state index contributed by atoms with van der Waals surface area (Å²) in [7, 11) is -3.96. The Kier molecular flexibility index (Phi) is 5.70. The quantitative estimate of drug-likeness (QED) is 0.406. The van der Waals surface area contributed by atoms with Crippen molar-refractivity contribution in [3.05, 3.63) is 88.4 Å². The van der Waals surface area contributed by atoms with Gasteiger partial charge in [-0.05, 0) is 73.5 Å². The Morgan fingerprint density at radius 2 is 1.15 bits per heavy atom. The van der Waals surface area contributed by atoms with Gasteiger partial charge in [0.2, 0.25) is 0 Å². The van der Waals surface area contributed by atoms with Crippen molar-refractivity contribution in [2.24, 2.45) is 0 Å². The van der Waals surface area contributed by atoms with E-state index in [9.17, 15) is 4.57 Å². The third-order valence-electron chi connectivity index (χ3n) is 3.44. The minimum absolute atomic E-state index is 0.386. The fourth-order valence-corrected chi connectivity index (χ4v) is 3.78. The number of aryl methyl sites for hydroxylation is 2. The van der Waals surface area contributed by atoms with Crippen molar-refractivity contribution in [3.8, 4) is 17.2 Å². The second kappa shape index (κ2) is 7.98. The van der Waals surface area contributed by atoms with Gasteiger partial charge < -0.3 is 13.6 Å². The van der Waals surface area contributed by atoms with Crippen LogP contribution in [0.1, 0.15) is 11.1 Å². The number of rotatable bonds is 6. The molecule has 0 atom stereocenters. The molecule has 0 aliphatic carbocycles. The highest BCUT2D eigenvalue weighted by Gasteiger charge is 2.33. The Bertz CT molecular complexity index is 889. The molecule has 0 aliphatic rings. The van der Waals surface area contributed by atoms with Crippen LogP contribution in [0, 0.1) is 13.8 Å². The van der Waals surface area contributed by atoms with Gasteiger partial charge >= 0.3 is 7.82 Å². The number of benzene rings is 3. The molecule has 0 unspecified atom stereocenters. The van der Waals surface area contributed by atoms with Gasteiger partial charge in [-0.2, -0.15) is 4.57 Å². The molecule has 0 N–H and O–H groups in total. The maximum Gasteiger partial charge on any atom is 0.647 e. The summed E-state index contributed by atoms with van der Waals surface area (Å²) in [5, 5.41) is 0. The van der Waals surface area contributed by atoms with E-state index < -0.39 is 7.82 Å². The van der Waals surface area contributed by atoms with Crippen molar-refractivity contribution in [2.75, 3.05) is 0 Å². The second-order valence-corrected chi connectivity index (χ2v) is 8.17. The molecule has 0 bridgehead atoms. The first-order chi connectivity index (χ1) is 12.4. The monoisotopic (exact) mass is 432 g/mol. The van der Waals surface area contributed by atoms with Crippen LogP contribution in [0.5, 0.6) is 17.2 Å². The van der Waals surface area contributed by atoms with E-state index in [1.165, 1.54) is 0 Å². The van der Waals surface area contributed by atoms with Crippen LogP contribution in [0.2, 0.25) is 0 Å². The lowest BCUT2D eigenvalue weighted by molar-refractivity contribution is 0.298. The molecule has 6 heteroatoms. The van der Waals surface area contributed by atoms with Crippen LogP contribution >= 0.6 is 23.8 Å². The van der Waals surface area contributed by atoms with Crippen molar-refractivity contribution in [2.45, 2.75) is 13.8 Å². The highest BCUT2D eigenvalue weighted by molar-refractivity contribution is 9.10. The Balaban J connectivity index is 1.91. The van der Waals surface area contributed by atoms with Crippen molar-refractivity contribution in [1.29, 1.82) is 0 Å². The number of hydrogen-bond acceptors (Lipinski definition) is 4. The number of phosphoric acid groups is 1. The van der Waals surface area contributed by atoms with Gasteiger partial charge in [0.05, 0.1) is 0 Å². The zero-order valence-electron chi connectivity index (χ0n) is 14.4. The topological polar surface area (TPSA) is 44.8 Å². The molecule has 134 valence electrons. The van der Waals surface area contributed by atoms with E-state index in [4.69, 9.17) is 13.6 Å². The normalized spacial score (nSPS) is 11.0. The predicted octanol–water partition coefficient (Wildman–Crippen LogP) is 6.71. The molecule has 0 fully saturated rings. The molecule has 3 rings (SSSR count).